The van der Waals surface area contributed by atoms with Gasteiger partial charge in [0.25, 0.3) is 0 Å². The van der Waals surface area contributed by atoms with Gasteiger partial charge in [-0.1, -0.05) is 0 Å². The number of carboxylic acid groups (broad SMARTS) is 2. The summed E-state index contributed by atoms with van der Waals surface area (Å²) in [4.78, 5) is 20.7. The number of carbonyl (C=O) groups excluding carboxylic acids is 2. The normalized spacial score (nSPS) is 30.1. The molecule has 0 aromatic rings. The number of aliphatic hydroxyl groups is 5. The molecule has 0 spiro atoms. The minimum absolute atomic E-state index is 0. The molecule has 55 nitrogen and oxygen atoms in total. The van der Waals surface area contributed by atoms with E-state index in [4.69, 9.17) is 29.2 Å². The van der Waals surface area contributed by atoms with E-state index in [2.05, 4.69) is 34.6 Å². The Hall–Kier alpha value is -2.83. The summed E-state index contributed by atoms with van der Waals surface area (Å²) in [6, 6.07) is -4.24. The van der Waals surface area contributed by atoms with Crippen LogP contribution in [0.4, 0.5) is 0 Å². The Morgan fingerprint density at radius 3 is 1.24 bits per heavy atom. The molecule has 10 unspecified atom stereocenters. The standard InChI is InChI=1S/C7H15NO10S2.C6H13NO12S3.C6H13NO10S2.C6H10O11S2.C6H10O5.4H2O/c1-16-7-6(8-19(10,11)12)5(9)2-4(18-7)3-17-20(13,14)15;8-20(9,10)7-5-3-17-4(2-18-21(11,12)13)1-6(5)19-22(14,15)16;8-5-3(7-18(10,11)12)1-16-4(6(5)9)2-17-19(13,14)15;7-6(8)4-1-3(16-18(9,10)11)5(2-15-4)17-19(12,13)14;7-3-1-5(6(9)10)11-2-4(3)8;;;;/h4-9H,2-3H2,1H3,(H,10,11,12)(H,13,14,15);4-7H,1-3H2,(H,8,9,10)(H,11,12,13)(H,14,15,16);3-9H,1-2H2,(H,10,11,12)(H,13,14,15);3-5H,1-2H2,(H,7,8)(H,9,10,11)(H,12,13,14);3-5,7-8H,1-2H2,(H,9,10);4*1H2/p-11/t4?,5-,6?,7+;4?,5?,6-;3?,4?,5-,6+;2*3-,4?,5?;;;;/m11011..../s1. The highest BCUT2D eigenvalue weighted by Crippen LogP contribution is 2.25. The van der Waals surface area contributed by atoms with Gasteiger partial charge in [-0.05, 0) is 0 Å². The molecule has 0 amide bonds. The first-order valence-electron chi connectivity index (χ1n) is 23.2. The third-order valence-corrected chi connectivity index (χ3v) is 15.3. The van der Waals surface area contributed by atoms with E-state index >= 15 is 0 Å². The van der Waals surface area contributed by atoms with Crippen LogP contribution in [-0.2, 0) is 156 Å². The van der Waals surface area contributed by atoms with Crippen LogP contribution in [0.3, 0.4) is 0 Å². The summed E-state index contributed by atoms with van der Waals surface area (Å²) in [6.45, 7) is -4.37. The van der Waals surface area contributed by atoms with Crippen molar-refractivity contribution in [2.24, 2.45) is 0 Å². The van der Waals surface area contributed by atoms with Gasteiger partial charge >= 0.3 is 0 Å². The third kappa shape index (κ3) is 44.8. The van der Waals surface area contributed by atoms with E-state index in [1.54, 1.807) is 4.72 Å². The van der Waals surface area contributed by atoms with Crippen molar-refractivity contribution in [3.63, 3.8) is 0 Å². The van der Waals surface area contributed by atoms with Crippen molar-refractivity contribution in [2.45, 2.75) is 129 Å². The summed E-state index contributed by atoms with van der Waals surface area (Å²) < 4.78 is 338. The van der Waals surface area contributed by atoms with Crippen LogP contribution < -0.4 is 24.4 Å². The Bertz CT molecular complexity index is 3390. The van der Waals surface area contributed by atoms with E-state index in [1.807, 2.05) is 0 Å². The van der Waals surface area contributed by atoms with Crippen molar-refractivity contribution in [1.29, 1.82) is 0 Å². The predicted octanol–water partition coefficient (Wildman–Crippen LogP) is -20.3. The number of carbonyl (C=O) groups is 2. The van der Waals surface area contributed by atoms with Gasteiger partial charge in [0.2, 0.25) is 62.4 Å². The smallest absolute Gasteiger partial charge is 0.218 e. The van der Waals surface area contributed by atoms with E-state index < -0.39 is 261 Å². The van der Waals surface area contributed by atoms with Crippen LogP contribution in [0.2, 0.25) is 0 Å². The molecule has 0 saturated carbocycles. The number of methoxy groups -OCH3 is 1. The van der Waals surface area contributed by atoms with Crippen LogP contribution in [0.15, 0.2) is 0 Å². The van der Waals surface area contributed by atoms with Crippen LogP contribution >= 0.6 is 0 Å². The Labute approximate surface area is 537 Å². The lowest BCUT2D eigenvalue weighted by atomic mass is 9.99. The zero-order chi connectivity index (χ0) is 70.9. The monoisotopic (exact) mass is 1590 g/mol. The predicted molar refractivity (Wildman–Crippen MR) is 268 cm³/mol. The number of aliphatic carboxylic acids is 2. The Morgan fingerprint density at radius 2 is 0.821 bits per heavy atom. The molecule has 5 saturated heterocycles. The summed E-state index contributed by atoms with van der Waals surface area (Å²) >= 11 is 0. The van der Waals surface area contributed by atoms with Crippen molar-refractivity contribution in [3.05, 3.63) is 0 Å². The molecule has 95 heavy (non-hydrogen) atoms. The lowest BCUT2D eigenvalue weighted by Gasteiger charge is -2.39. The van der Waals surface area contributed by atoms with Gasteiger partial charge in [-0.2, -0.15) is 0 Å². The molecule has 5 rings (SSSR count). The van der Waals surface area contributed by atoms with Crippen molar-refractivity contribution >= 4 is 105 Å². The summed E-state index contributed by atoms with van der Waals surface area (Å²) in [5.74, 6) is -3.07. The molecule has 574 valence electrons. The van der Waals surface area contributed by atoms with Gasteiger partial charge in [-0.3, -0.25) is 25.1 Å². The maximum Gasteiger partial charge on any atom is 0.218 e. The van der Waals surface area contributed by atoms with Crippen molar-refractivity contribution in [3.8, 4) is 0 Å². The number of ether oxygens (including phenoxy) is 6. The fourth-order valence-corrected chi connectivity index (χ4v) is 11.4. The second-order valence-electron chi connectivity index (χ2n) is 17.8. The van der Waals surface area contributed by atoms with Gasteiger partial charge in [0.1, 0.15) is 36.6 Å². The zero-order valence-corrected chi connectivity index (χ0v) is 53.9. The molecule has 5 aliphatic rings. The summed E-state index contributed by atoms with van der Waals surface area (Å²) in [7, 11) is -44.3. The molecule has 5 heterocycles. The highest BCUT2D eigenvalue weighted by atomic mass is 32.3. The molecular formula is C31H58N3O52S9-11. The molecular weight excluding hydrogens is 1530 g/mol. The van der Waals surface area contributed by atoms with Gasteiger partial charge in [0, 0.05) is 32.8 Å². The Kier molecular flexibility index (Phi) is 42.7. The second kappa shape index (κ2) is 41.2. The minimum Gasteiger partial charge on any atom is -0.735 e. The lowest BCUT2D eigenvalue weighted by Crippen LogP contribution is -2.60. The van der Waals surface area contributed by atoms with Crippen LogP contribution in [0, 0.1) is 0 Å². The molecule has 17 atom stereocenters. The molecule has 0 bridgehead atoms. The fraction of sp³-hybridized carbons (Fsp3) is 0.935. The third-order valence-electron chi connectivity index (χ3n) is 10.8. The van der Waals surface area contributed by atoms with E-state index in [0.29, 0.717) is 0 Å². The maximum absolute atomic E-state index is 10.6. The molecule has 0 aromatic carbocycles. The van der Waals surface area contributed by atoms with Crippen LogP contribution in [0.5, 0.6) is 0 Å². The fourth-order valence-electron chi connectivity index (χ4n) is 7.17. The first-order chi connectivity index (χ1) is 40.8. The Balaban J connectivity index is -0.000000546. The average molecular weight is 1590 g/mol. The van der Waals surface area contributed by atoms with E-state index in [0.717, 1.165) is 7.11 Å². The molecule has 16 N–H and O–H groups in total. The quantitative estimate of drug-likeness (QED) is 0.0329. The first-order valence-corrected chi connectivity index (χ1v) is 35.5. The van der Waals surface area contributed by atoms with Crippen LogP contribution in [-0.4, -0.2) is 333 Å². The maximum atomic E-state index is 10.6. The topological polar surface area (TPSA) is 969 Å². The minimum atomic E-state index is -5.26. The summed E-state index contributed by atoms with van der Waals surface area (Å²) in [5, 5.41) is 67.3. The summed E-state index contributed by atoms with van der Waals surface area (Å²) in [6.07, 6.45) is -21.3. The number of hydrogen-bond donors (Lipinski definition) is 8. The van der Waals surface area contributed by atoms with Gasteiger partial charge < -0.3 is 137 Å². The first kappa shape index (κ1) is 98.5. The highest BCUT2D eigenvalue weighted by molar-refractivity contribution is 7.84. The zero-order valence-electron chi connectivity index (χ0n) is 46.6. The summed E-state index contributed by atoms with van der Waals surface area (Å²) in [5.41, 5.74) is 0. The number of aliphatic hydroxyl groups excluding tert-OH is 5. The molecule has 5 aliphatic heterocycles. The van der Waals surface area contributed by atoms with Crippen molar-refractivity contribution < 1.29 is 237 Å². The molecule has 0 aromatic heterocycles. The molecule has 64 heteroatoms. The van der Waals surface area contributed by atoms with Crippen molar-refractivity contribution in [2.75, 3.05) is 53.4 Å². The Morgan fingerprint density at radius 1 is 0.421 bits per heavy atom. The average Bonchev–Trinajstić information content (AvgIpc) is 0.852. The van der Waals surface area contributed by atoms with E-state index in [-0.39, 0.29) is 41.4 Å². The lowest BCUT2D eigenvalue weighted by molar-refractivity contribution is -0.322. The van der Waals surface area contributed by atoms with Gasteiger partial charge in [-0.25, -0.2) is 89.9 Å². The van der Waals surface area contributed by atoms with Gasteiger partial charge in [-0.15, -0.1) is 0 Å². The van der Waals surface area contributed by atoms with Crippen molar-refractivity contribution in [1.82, 2.24) is 14.2 Å². The number of carboxylic acids is 2. The van der Waals surface area contributed by atoms with Gasteiger partial charge in [0.15, 0.2) is 37.2 Å². The van der Waals surface area contributed by atoms with E-state index in [1.165, 1.54) is 9.44 Å². The molecule has 0 aliphatic carbocycles. The second-order valence-corrected chi connectivity index (χ2v) is 27.4. The number of rotatable bonds is 24. The molecule has 5 fully saturated rings. The van der Waals surface area contributed by atoms with Crippen LogP contribution in [0.1, 0.15) is 25.7 Å². The van der Waals surface area contributed by atoms with E-state index in [9.17, 15) is 152 Å². The number of hydrogen-bond acceptors (Lipinski definition) is 48. The van der Waals surface area contributed by atoms with Crippen LogP contribution in [0.25, 0.3) is 0 Å². The molecule has 0 radical (unpaired) electrons. The highest BCUT2D eigenvalue weighted by Gasteiger charge is 2.42. The SMILES string of the molecule is CO[C@H]1OC(COS(=O)(=O)[O-])C[C@@H](O)C1NS(=O)(=O)[O-].O.O.O.O.O=C([O-])C1C[C@@H](O)C(O)CO1.O=C([O-])C1C[C@@H](OS(=O)(=O)[O-])C(OS(=O)(=O)[O-])CO1.O=S(=O)([O-])NC1COC(COS(=O)(=O)[O-])C[C@H]1OS(=O)(=O)[O-].O=S(=O)([O-])NC1COC(COS(=O)(=O)[O-])[C@@H](O)[C@H]1O. The van der Waals surface area contributed by atoms with Gasteiger partial charge in [0.05, 0.1) is 119 Å². The largest absolute Gasteiger partial charge is 0.735 e. The number of nitrogens with one attached hydrogen (secondary N) is 3.